The van der Waals surface area contributed by atoms with Crippen molar-refractivity contribution in [3.8, 4) is 11.4 Å². The second-order valence-electron chi connectivity index (χ2n) is 6.98. The van der Waals surface area contributed by atoms with E-state index in [4.69, 9.17) is 0 Å². The summed E-state index contributed by atoms with van der Waals surface area (Å²) in [5.41, 5.74) is 1.60. The zero-order valence-electron chi connectivity index (χ0n) is 16.3. The van der Waals surface area contributed by atoms with Crippen LogP contribution in [0.5, 0.6) is 0 Å². The predicted octanol–water partition coefficient (Wildman–Crippen LogP) is 3.16. The van der Waals surface area contributed by atoms with Crippen LogP contribution < -0.4 is 11.2 Å². The van der Waals surface area contributed by atoms with Gasteiger partial charge in [0.2, 0.25) is 0 Å². The standard InChI is InChI=1S/C22H21FN4O2/c1-3-13-26-21(28)18-20(25(2)22(26)29)24-19(16-9-11-17(23)12-10-16)27(18)14-15-7-5-4-6-8-15/h4-12H,3,13-14H2,1-2H3. The van der Waals surface area contributed by atoms with E-state index in [-0.39, 0.29) is 17.1 Å². The van der Waals surface area contributed by atoms with Crippen molar-refractivity contribution >= 4 is 11.2 Å². The molecule has 0 radical (unpaired) electrons. The van der Waals surface area contributed by atoms with E-state index < -0.39 is 0 Å². The van der Waals surface area contributed by atoms with Gasteiger partial charge in [-0.2, -0.15) is 0 Å². The molecule has 2 aromatic carbocycles. The van der Waals surface area contributed by atoms with Crippen LogP contribution in [-0.4, -0.2) is 18.7 Å². The summed E-state index contributed by atoms with van der Waals surface area (Å²) in [6.45, 7) is 2.66. The summed E-state index contributed by atoms with van der Waals surface area (Å²) in [6, 6.07) is 15.7. The lowest BCUT2D eigenvalue weighted by Gasteiger charge is -2.11. The van der Waals surface area contributed by atoms with Crippen LogP contribution in [0.4, 0.5) is 4.39 Å². The zero-order chi connectivity index (χ0) is 20.5. The molecule has 7 heteroatoms. The molecule has 148 valence electrons. The molecule has 4 rings (SSSR count). The van der Waals surface area contributed by atoms with E-state index in [1.807, 2.05) is 41.8 Å². The van der Waals surface area contributed by atoms with Gasteiger partial charge in [0.05, 0.1) is 0 Å². The number of rotatable bonds is 5. The topological polar surface area (TPSA) is 61.8 Å². The summed E-state index contributed by atoms with van der Waals surface area (Å²) >= 11 is 0. The summed E-state index contributed by atoms with van der Waals surface area (Å²) in [4.78, 5) is 30.5. The third-order valence-electron chi connectivity index (χ3n) is 4.97. The maximum Gasteiger partial charge on any atom is 0.332 e. The van der Waals surface area contributed by atoms with Crippen molar-refractivity contribution in [1.29, 1.82) is 0 Å². The zero-order valence-corrected chi connectivity index (χ0v) is 16.3. The number of hydrogen-bond acceptors (Lipinski definition) is 3. The van der Waals surface area contributed by atoms with Crippen molar-refractivity contribution in [2.45, 2.75) is 26.4 Å². The Kier molecular flexibility index (Phi) is 4.88. The SMILES string of the molecule is CCCn1c(=O)c2c(nc(-c3ccc(F)cc3)n2Cc2ccccc2)n(C)c1=O. The molecular formula is C22H21FN4O2. The van der Waals surface area contributed by atoms with Gasteiger partial charge in [-0.1, -0.05) is 37.3 Å². The molecule has 0 N–H and O–H groups in total. The highest BCUT2D eigenvalue weighted by Gasteiger charge is 2.21. The molecule has 0 saturated carbocycles. The Bertz CT molecular complexity index is 1290. The van der Waals surface area contributed by atoms with Gasteiger partial charge in [0.25, 0.3) is 5.56 Å². The van der Waals surface area contributed by atoms with Gasteiger partial charge >= 0.3 is 5.69 Å². The first kappa shape index (κ1) is 18.9. The summed E-state index contributed by atoms with van der Waals surface area (Å²) in [5.74, 6) is 0.169. The highest BCUT2D eigenvalue weighted by atomic mass is 19.1. The van der Waals surface area contributed by atoms with Crippen LogP contribution in [-0.2, 0) is 20.1 Å². The highest BCUT2D eigenvalue weighted by molar-refractivity contribution is 5.77. The lowest BCUT2D eigenvalue weighted by Crippen LogP contribution is -2.39. The highest BCUT2D eigenvalue weighted by Crippen LogP contribution is 2.24. The van der Waals surface area contributed by atoms with Gasteiger partial charge in [-0.05, 0) is 36.2 Å². The molecule has 0 amide bonds. The molecule has 4 aromatic rings. The minimum Gasteiger partial charge on any atom is -0.314 e. The van der Waals surface area contributed by atoms with E-state index >= 15 is 0 Å². The normalized spacial score (nSPS) is 11.3. The Balaban J connectivity index is 2.06. The molecule has 2 heterocycles. The number of benzene rings is 2. The Labute approximate surface area is 166 Å². The molecule has 0 aliphatic rings. The fourth-order valence-corrected chi connectivity index (χ4v) is 3.53. The second-order valence-corrected chi connectivity index (χ2v) is 6.98. The van der Waals surface area contributed by atoms with Crippen LogP contribution in [0.3, 0.4) is 0 Å². The van der Waals surface area contributed by atoms with Crippen molar-refractivity contribution in [3.05, 3.63) is 86.8 Å². The summed E-state index contributed by atoms with van der Waals surface area (Å²) in [5, 5.41) is 0. The molecule has 0 saturated heterocycles. The van der Waals surface area contributed by atoms with Crippen molar-refractivity contribution in [2.24, 2.45) is 7.05 Å². The molecule has 0 aliphatic heterocycles. The summed E-state index contributed by atoms with van der Waals surface area (Å²) in [6.07, 6.45) is 0.665. The van der Waals surface area contributed by atoms with Gasteiger partial charge in [0.15, 0.2) is 11.2 Å². The maximum atomic E-state index is 13.4. The number of fused-ring (bicyclic) bond motifs is 1. The molecule has 6 nitrogen and oxygen atoms in total. The van der Waals surface area contributed by atoms with Crippen molar-refractivity contribution < 1.29 is 4.39 Å². The first-order chi connectivity index (χ1) is 14.0. The Morgan fingerprint density at radius 1 is 0.966 bits per heavy atom. The minimum atomic E-state index is -0.389. The Morgan fingerprint density at radius 2 is 1.66 bits per heavy atom. The van der Waals surface area contributed by atoms with Gasteiger partial charge in [-0.15, -0.1) is 0 Å². The van der Waals surface area contributed by atoms with Gasteiger partial charge < -0.3 is 4.57 Å². The van der Waals surface area contributed by atoms with Crippen LogP contribution in [0.1, 0.15) is 18.9 Å². The molecule has 0 bridgehead atoms. The average molecular weight is 392 g/mol. The van der Waals surface area contributed by atoms with E-state index in [0.717, 1.165) is 5.56 Å². The number of hydrogen-bond donors (Lipinski definition) is 0. The van der Waals surface area contributed by atoms with Crippen LogP contribution in [0.25, 0.3) is 22.6 Å². The van der Waals surface area contributed by atoms with Crippen LogP contribution in [0.15, 0.2) is 64.2 Å². The van der Waals surface area contributed by atoms with E-state index in [0.29, 0.717) is 42.1 Å². The van der Waals surface area contributed by atoms with Crippen LogP contribution in [0.2, 0.25) is 0 Å². The maximum absolute atomic E-state index is 13.4. The van der Waals surface area contributed by atoms with Gasteiger partial charge in [-0.25, -0.2) is 14.2 Å². The number of aryl methyl sites for hydroxylation is 1. The van der Waals surface area contributed by atoms with Gasteiger partial charge in [0.1, 0.15) is 11.6 Å². The number of imidazole rings is 1. The minimum absolute atomic E-state index is 0.322. The molecule has 0 unspecified atom stereocenters. The largest absolute Gasteiger partial charge is 0.332 e. The lowest BCUT2D eigenvalue weighted by atomic mass is 10.2. The Hall–Kier alpha value is -3.48. The molecular weight excluding hydrogens is 371 g/mol. The third-order valence-corrected chi connectivity index (χ3v) is 4.97. The number of halogens is 1. The monoisotopic (exact) mass is 392 g/mol. The molecule has 2 aromatic heterocycles. The second kappa shape index (κ2) is 7.50. The Morgan fingerprint density at radius 3 is 2.31 bits per heavy atom. The quantitative estimate of drug-likeness (QED) is 0.524. The number of aromatic nitrogens is 4. The van der Waals surface area contributed by atoms with E-state index in [2.05, 4.69) is 4.98 Å². The van der Waals surface area contributed by atoms with Gasteiger partial charge in [-0.3, -0.25) is 13.9 Å². The van der Waals surface area contributed by atoms with Crippen LogP contribution in [0, 0.1) is 5.82 Å². The van der Waals surface area contributed by atoms with E-state index in [1.165, 1.54) is 21.3 Å². The molecule has 0 spiro atoms. The fraction of sp³-hybridized carbons (Fsp3) is 0.227. The lowest BCUT2D eigenvalue weighted by molar-refractivity contribution is 0.590. The molecule has 0 atom stereocenters. The molecule has 0 aliphatic carbocycles. The first-order valence-electron chi connectivity index (χ1n) is 9.51. The summed E-state index contributed by atoms with van der Waals surface area (Å²) in [7, 11) is 1.62. The van der Waals surface area contributed by atoms with Crippen LogP contribution >= 0.6 is 0 Å². The van der Waals surface area contributed by atoms with Crippen molar-refractivity contribution in [1.82, 2.24) is 18.7 Å². The average Bonchev–Trinajstić information content (AvgIpc) is 3.10. The van der Waals surface area contributed by atoms with E-state index in [1.54, 1.807) is 19.2 Å². The summed E-state index contributed by atoms with van der Waals surface area (Å²) < 4.78 is 17.9. The predicted molar refractivity (Wildman–Crippen MR) is 110 cm³/mol. The fourth-order valence-electron chi connectivity index (χ4n) is 3.53. The smallest absolute Gasteiger partial charge is 0.314 e. The van der Waals surface area contributed by atoms with Gasteiger partial charge in [0, 0.05) is 25.7 Å². The van der Waals surface area contributed by atoms with Crippen molar-refractivity contribution in [3.63, 3.8) is 0 Å². The number of nitrogens with zero attached hydrogens (tertiary/aromatic N) is 4. The molecule has 29 heavy (non-hydrogen) atoms. The first-order valence-corrected chi connectivity index (χ1v) is 9.51. The molecule has 0 fully saturated rings. The van der Waals surface area contributed by atoms with E-state index in [9.17, 15) is 14.0 Å². The third kappa shape index (κ3) is 3.29. The van der Waals surface area contributed by atoms with Crippen molar-refractivity contribution in [2.75, 3.05) is 0 Å².